The van der Waals surface area contributed by atoms with Crippen LogP contribution in [0.2, 0.25) is 0 Å². The molecule has 2 aromatic carbocycles. The highest BCUT2D eigenvalue weighted by Gasteiger charge is 2.13. The Balaban J connectivity index is 1.60. The van der Waals surface area contributed by atoms with Crippen LogP contribution in [-0.4, -0.2) is 44.0 Å². The molecule has 1 aliphatic rings. The van der Waals surface area contributed by atoms with Crippen molar-refractivity contribution in [3.63, 3.8) is 0 Å². The van der Waals surface area contributed by atoms with Gasteiger partial charge in [-0.1, -0.05) is 24.3 Å². The van der Waals surface area contributed by atoms with Crippen molar-refractivity contribution in [2.75, 3.05) is 32.5 Å². The maximum atomic E-state index is 12.3. The van der Waals surface area contributed by atoms with E-state index in [0.29, 0.717) is 24.6 Å². The molecule has 29 heavy (non-hydrogen) atoms. The number of benzene rings is 2. The molecule has 0 bridgehead atoms. The summed E-state index contributed by atoms with van der Waals surface area (Å²) in [6.07, 6.45) is 4.67. The average Bonchev–Trinajstić information content (AvgIpc) is 2.72. The van der Waals surface area contributed by atoms with E-state index in [9.17, 15) is 4.79 Å². The SMILES string of the molecule is CN(C)CCNC(=O)c1cccc(CN=C(N)Nc2cccc3c2CCCC3)c1. The molecular formula is C23H31N5O. The molecule has 0 heterocycles. The van der Waals surface area contributed by atoms with E-state index < -0.39 is 0 Å². The molecular weight excluding hydrogens is 362 g/mol. The summed E-state index contributed by atoms with van der Waals surface area (Å²) in [5, 5.41) is 6.19. The van der Waals surface area contributed by atoms with Crippen molar-refractivity contribution >= 4 is 17.6 Å². The van der Waals surface area contributed by atoms with Gasteiger partial charge in [-0.05, 0) is 74.7 Å². The molecule has 0 unspecified atom stereocenters. The molecule has 0 aliphatic heterocycles. The molecule has 0 atom stereocenters. The molecule has 4 N–H and O–H groups in total. The van der Waals surface area contributed by atoms with Gasteiger partial charge in [-0.3, -0.25) is 4.79 Å². The van der Waals surface area contributed by atoms with Gasteiger partial charge in [-0.2, -0.15) is 0 Å². The Bertz CT molecular complexity index is 875. The van der Waals surface area contributed by atoms with E-state index in [0.717, 1.165) is 30.6 Å². The summed E-state index contributed by atoms with van der Waals surface area (Å²) >= 11 is 0. The van der Waals surface area contributed by atoms with Gasteiger partial charge in [0.15, 0.2) is 5.96 Å². The molecule has 0 aromatic heterocycles. The summed E-state index contributed by atoms with van der Waals surface area (Å²) in [6, 6.07) is 13.8. The second-order valence-corrected chi connectivity index (χ2v) is 7.74. The Morgan fingerprint density at radius 1 is 1.14 bits per heavy atom. The number of nitrogens with zero attached hydrogens (tertiary/aromatic N) is 2. The fourth-order valence-electron chi connectivity index (χ4n) is 3.56. The summed E-state index contributed by atoms with van der Waals surface area (Å²) in [6.45, 7) is 1.85. The van der Waals surface area contributed by atoms with Gasteiger partial charge in [0.1, 0.15) is 0 Å². The largest absolute Gasteiger partial charge is 0.370 e. The number of rotatable bonds is 7. The highest BCUT2D eigenvalue weighted by Crippen LogP contribution is 2.27. The molecule has 0 radical (unpaired) electrons. The zero-order valence-electron chi connectivity index (χ0n) is 17.4. The molecule has 0 saturated carbocycles. The minimum absolute atomic E-state index is 0.0697. The average molecular weight is 394 g/mol. The van der Waals surface area contributed by atoms with Crippen molar-refractivity contribution in [1.82, 2.24) is 10.2 Å². The summed E-state index contributed by atoms with van der Waals surface area (Å²) in [4.78, 5) is 18.8. The van der Waals surface area contributed by atoms with Gasteiger partial charge in [-0.25, -0.2) is 4.99 Å². The van der Waals surface area contributed by atoms with Gasteiger partial charge in [0.2, 0.25) is 0 Å². The lowest BCUT2D eigenvalue weighted by Gasteiger charge is -2.19. The number of hydrogen-bond donors (Lipinski definition) is 3. The number of carbonyl (C=O) groups excluding carboxylic acids is 1. The van der Waals surface area contributed by atoms with E-state index in [2.05, 4.69) is 33.8 Å². The van der Waals surface area contributed by atoms with Crippen LogP contribution in [0.15, 0.2) is 47.5 Å². The maximum absolute atomic E-state index is 12.3. The second kappa shape index (κ2) is 10.1. The Kier molecular flexibility index (Phi) is 7.25. The zero-order chi connectivity index (χ0) is 20.6. The van der Waals surface area contributed by atoms with E-state index in [1.165, 1.54) is 24.0 Å². The van der Waals surface area contributed by atoms with Crippen LogP contribution in [0.4, 0.5) is 5.69 Å². The third kappa shape index (κ3) is 6.06. The van der Waals surface area contributed by atoms with Crippen LogP contribution < -0.4 is 16.4 Å². The van der Waals surface area contributed by atoms with Crippen molar-refractivity contribution in [2.24, 2.45) is 10.7 Å². The standard InChI is InChI=1S/C23H31N5O/c1-28(2)14-13-25-22(29)19-10-5-7-17(15-19)16-26-23(24)27-21-12-6-9-18-8-3-4-11-20(18)21/h5-7,9-10,12,15H,3-4,8,11,13-14,16H2,1-2H3,(H,25,29)(H3,24,26,27). The van der Waals surface area contributed by atoms with E-state index in [-0.39, 0.29) is 5.91 Å². The third-order valence-electron chi connectivity index (χ3n) is 5.12. The predicted molar refractivity (Wildman–Crippen MR) is 119 cm³/mol. The van der Waals surface area contributed by atoms with Gasteiger partial charge in [0.05, 0.1) is 6.54 Å². The first kappa shape index (κ1) is 20.9. The summed E-state index contributed by atoms with van der Waals surface area (Å²) in [7, 11) is 3.96. The van der Waals surface area contributed by atoms with E-state index in [1.54, 1.807) is 0 Å². The van der Waals surface area contributed by atoms with Crippen molar-refractivity contribution in [3.8, 4) is 0 Å². The number of carbonyl (C=O) groups is 1. The number of aliphatic imine (C=N–C) groups is 1. The number of hydrogen-bond acceptors (Lipinski definition) is 3. The lowest BCUT2D eigenvalue weighted by atomic mass is 9.90. The lowest BCUT2D eigenvalue weighted by Crippen LogP contribution is -2.31. The van der Waals surface area contributed by atoms with Crippen LogP contribution in [0.25, 0.3) is 0 Å². The Labute approximate surface area is 173 Å². The molecule has 2 aromatic rings. The fourth-order valence-corrected chi connectivity index (χ4v) is 3.56. The molecule has 6 heteroatoms. The Morgan fingerprint density at radius 3 is 2.76 bits per heavy atom. The summed E-state index contributed by atoms with van der Waals surface area (Å²) in [5.41, 5.74) is 11.5. The number of fused-ring (bicyclic) bond motifs is 1. The molecule has 154 valence electrons. The quantitative estimate of drug-likeness (QED) is 0.499. The highest BCUT2D eigenvalue weighted by molar-refractivity contribution is 5.94. The minimum Gasteiger partial charge on any atom is -0.370 e. The second-order valence-electron chi connectivity index (χ2n) is 7.74. The number of amides is 1. The minimum atomic E-state index is -0.0697. The molecule has 0 spiro atoms. The van der Waals surface area contributed by atoms with E-state index in [4.69, 9.17) is 5.73 Å². The van der Waals surface area contributed by atoms with Crippen LogP contribution >= 0.6 is 0 Å². The highest BCUT2D eigenvalue weighted by atomic mass is 16.1. The van der Waals surface area contributed by atoms with Crippen molar-refractivity contribution in [3.05, 3.63) is 64.7 Å². The monoisotopic (exact) mass is 393 g/mol. The van der Waals surface area contributed by atoms with Crippen LogP contribution in [0.5, 0.6) is 0 Å². The van der Waals surface area contributed by atoms with Crippen LogP contribution in [0, 0.1) is 0 Å². The summed E-state index contributed by atoms with van der Waals surface area (Å²) < 4.78 is 0. The van der Waals surface area contributed by atoms with Crippen molar-refractivity contribution in [1.29, 1.82) is 0 Å². The predicted octanol–water partition coefficient (Wildman–Crippen LogP) is 2.78. The number of likely N-dealkylation sites (N-methyl/N-ethyl adjacent to an activating group) is 1. The number of aryl methyl sites for hydroxylation is 1. The Morgan fingerprint density at radius 2 is 1.93 bits per heavy atom. The number of anilines is 1. The number of nitrogens with two attached hydrogens (primary N) is 1. The molecule has 1 amide bonds. The first-order valence-electron chi connectivity index (χ1n) is 10.2. The molecule has 0 fully saturated rings. The fraction of sp³-hybridized carbons (Fsp3) is 0.391. The lowest BCUT2D eigenvalue weighted by molar-refractivity contribution is 0.0951. The molecule has 1 aliphatic carbocycles. The maximum Gasteiger partial charge on any atom is 0.251 e. The van der Waals surface area contributed by atoms with Gasteiger partial charge < -0.3 is 21.3 Å². The van der Waals surface area contributed by atoms with Crippen LogP contribution in [0.1, 0.15) is 39.9 Å². The first-order chi connectivity index (χ1) is 14.0. The van der Waals surface area contributed by atoms with Gasteiger partial charge in [0.25, 0.3) is 5.91 Å². The molecule has 3 rings (SSSR count). The Hall–Kier alpha value is -2.86. The molecule has 6 nitrogen and oxygen atoms in total. The van der Waals surface area contributed by atoms with Crippen LogP contribution in [-0.2, 0) is 19.4 Å². The first-order valence-corrected chi connectivity index (χ1v) is 10.2. The summed E-state index contributed by atoms with van der Waals surface area (Å²) in [5.74, 6) is 0.324. The normalized spacial score (nSPS) is 13.8. The van der Waals surface area contributed by atoms with Gasteiger partial charge in [-0.15, -0.1) is 0 Å². The third-order valence-corrected chi connectivity index (χ3v) is 5.12. The smallest absolute Gasteiger partial charge is 0.251 e. The number of nitrogens with one attached hydrogen (secondary N) is 2. The number of guanidine groups is 1. The van der Waals surface area contributed by atoms with Gasteiger partial charge in [0, 0.05) is 24.3 Å². The van der Waals surface area contributed by atoms with Crippen molar-refractivity contribution in [2.45, 2.75) is 32.2 Å². The molecule has 0 saturated heterocycles. The van der Waals surface area contributed by atoms with Crippen LogP contribution in [0.3, 0.4) is 0 Å². The van der Waals surface area contributed by atoms with Crippen molar-refractivity contribution < 1.29 is 4.79 Å². The van der Waals surface area contributed by atoms with Gasteiger partial charge >= 0.3 is 0 Å². The van der Waals surface area contributed by atoms with E-state index >= 15 is 0 Å². The zero-order valence-corrected chi connectivity index (χ0v) is 17.4. The van der Waals surface area contributed by atoms with E-state index in [1.807, 2.05) is 43.3 Å². The topological polar surface area (TPSA) is 82.8 Å².